The third-order valence-electron chi connectivity index (χ3n) is 2.50. The molecule has 7 heteroatoms. The molecule has 0 aliphatic rings. The Kier molecular flexibility index (Phi) is 5.84. The second-order valence-electron chi connectivity index (χ2n) is 3.97. The number of rotatable bonds is 7. The number of hydrogen-bond acceptors (Lipinski definition) is 6. The van der Waals surface area contributed by atoms with Gasteiger partial charge in [-0.05, 0) is 20.8 Å². The maximum atomic E-state index is 11.6. The van der Waals surface area contributed by atoms with E-state index >= 15 is 0 Å². The summed E-state index contributed by atoms with van der Waals surface area (Å²) in [5, 5.41) is 5.85. The minimum Gasteiger partial charge on any atom is -0.370 e. The molecule has 1 rings (SSSR count). The van der Waals surface area contributed by atoms with E-state index in [-0.39, 0.29) is 18.4 Å². The number of carbonyl (C=O) groups is 1. The third kappa shape index (κ3) is 4.61. The van der Waals surface area contributed by atoms with Crippen LogP contribution >= 0.6 is 0 Å². The van der Waals surface area contributed by atoms with Gasteiger partial charge in [0.05, 0.1) is 6.54 Å². The van der Waals surface area contributed by atoms with Crippen LogP contribution in [-0.2, 0) is 4.79 Å². The maximum absolute atomic E-state index is 11.6. The van der Waals surface area contributed by atoms with Gasteiger partial charge in [0.2, 0.25) is 11.9 Å². The normalized spacial score (nSPS) is 10.1. The van der Waals surface area contributed by atoms with E-state index in [2.05, 4.69) is 20.6 Å². The molecule has 1 heterocycles. The number of nitrogens with zero attached hydrogens (tertiary/aromatic N) is 3. The molecule has 0 saturated carbocycles. The molecule has 1 aromatic heterocycles. The fraction of sp³-hybridized carbons (Fsp3) is 0.583. The molecule has 0 saturated heterocycles. The molecule has 0 aliphatic carbocycles. The molecule has 0 spiro atoms. The van der Waals surface area contributed by atoms with E-state index in [0.717, 1.165) is 6.54 Å². The van der Waals surface area contributed by atoms with Crippen molar-refractivity contribution < 1.29 is 4.79 Å². The zero-order valence-corrected chi connectivity index (χ0v) is 11.7. The molecular formula is C12H22N6O. The first kappa shape index (κ1) is 15.0. The Morgan fingerprint density at radius 1 is 1.32 bits per heavy atom. The van der Waals surface area contributed by atoms with Crippen LogP contribution in [0.1, 0.15) is 20.8 Å². The molecule has 0 atom stereocenters. The summed E-state index contributed by atoms with van der Waals surface area (Å²) in [5.41, 5.74) is 5.68. The highest BCUT2D eigenvalue weighted by Crippen LogP contribution is 2.16. The molecule has 0 aromatic carbocycles. The SMILES string of the molecule is CCNC(=O)CN(CC)c1cc(NCC)nc(N)n1. The first-order chi connectivity index (χ1) is 9.10. The van der Waals surface area contributed by atoms with Gasteiger partial charge in [0.25, 0.3) is 0 Å². The third-order valence-corrected chi connectivity index (χ3v) is 2.50. The largest absolute Gasteiger partial charge is 0.370 e. The van der Waals surface area contributed by atoms with Crippen molar-refractivity contribution >= 4 is 23.5 Å². The van der Waals surface area contributed by atoms with Crippen molar-refractivity contribution in [1.82, 2.24) is 15.3 Å². The summed E-state index contributed by atoms with van der Waals surface area (Å²) in [6.45, 7) is 8.11. The second kappa shape index (κ2) is 7.40. The summed E-state index contributed by atoms with van der Waals surface area (Å²) in [4.78, 5) is 21.7. The average molecular weight is 266 g/mol. The van der Waals surface area contributed by atoms with Gasteiger partial charge in [0, 0.05) is 25.7 Å². The van der Waals surface area contributed by atoms with Gasteiger partial charge in [-0.3, -0.25) is 4.79 Å². The smallest absolute Gasteiger partial charge is 0.239 e. The van der Waals surface area contributed by atoms with Gasteiger partial charge in [-0.15, -0.1) is 0 Å². The summed E-state index contributed by atoms with van der Waals surface area (Å²) in [6, 6.07) is 1.79. The monoisotopic (exact) mass is 266 g/mol. The Morgan fingerprint density at radius 3 is 2.63 bits per heavy atom. The van der Waals surface area contributed by atoms with E-state index in [0.29, 0.717) is 24.7 Å². The standard InChI is InChI=1S/C12H22N6O/c1-4-14-9-7-10(17-12(13)16-9)18(6-3)8-11(19)15-5-2/h7H,4-6,8H2,1-3H3,(H,15,19)(H3,13,14,16,17). The Labute approximate surface area is 113 Å². The lowest BCUT2D eigenvalue weighted by molar-refractivity contribution is -0.119. The minimum absolute atomic E-state index is 0.0356. The lowest BCUT2D eigenvalue weighted by atomic mass is 10.4. The molecule has 7 nitrogen and oxygen atoms in total. The first-order valence-corrected chi connectivity index (χ1v) is 6.50. The van der Waals surface area contributed by atoms with Crippen molar-refractivity contribution in [3.8, 4) is 0 Å². The van der Waals surface area contributed by atoms with E-state index in [1.807, 2.05) is 25.7 Å². The van der Waals surface area contributed by atoms with Crippen molar-refractivity contribution in [1.29, 1.82) is 0 Å². The quantitative estimate of drug-likeness (QED) is 0.663. The van der Waals surface area contributed by atoms with Crippen LogP contribution < -0.4 is 21.3 Å². The predicted molar refractivity (Wildman–Crippen MR) is 77.2 cm³/mol. The average Bonchev–Trinajstić information content (AvgIpc) is 2.36. The Balaban J connectivity index is 2.87. The lowest BCUT2D eigenvalue weighted by Crippen LogP contribution is -2.37. The van der Waals surface area contributed by atoms with Crippen molar-refractivity contribution in [2.24, 2.45) is 0 Å². The Morgan fingerprint density at radius 2 is 2.05 bits per heavy atom. The summed E-state index contributed by atoms with van der Waals surface area (Å²) < 4.78 is 0. The number of amides is 1. The Bertz CT molecular complexity index is 423. The van der Waals surface area contributed by atoms with Crippen LogP contribution in [-0.4, -0.2) is 42.1 Å². The predicted octanol–water partition coefficient (Wildman–Crippen LogP) is 0.453. The van der Waals surface area contributed by atoms with Gasteiger partial charge >= 0.3 is 0 Å². The number of nitrogen functional groups attached to an aromatic ring is 1. The van der Waals surface area contributed by atoms with Crippen molar-refractivity contribution in [3.05, 3.63) is 6.07 Å². The fourth-order valence-electron chi connectivity index (χ4n) is 1.67. The molecular weight excluding hydrogens is 244 g/mol. The summed E-state index contributed by atoms with van der Waals surface area (Å²) in [6.07, 6.45) is 0. The van der Waals surface area contributed by atoms with E-state index in [1.54, 1.807) is 6.07 Å². The van der Waals surface area contributed by atoms with E-state index in [4.69, 9.17) is 5.73 Å². The number of aromatic nitrogens is 2. The van der Waals surface area contributed by atoms with Crippen LogP contribution in [0.5, 0.6) is 0 Å². The van der Waals surface area contributed by atoms with E-state index in [1.165, 1.54) is 0 Å². The maximum Gasteiger partial charge on any atom is 0.239 e. The topological polar surface area (TPSA) is 96.2 Å². The zero-order valence-electron chi connectivity index (χ0n) is 11.7. The molecule has 0 fully saturated rings. The van der Waals surface area contributed by atoms with Crippen LogP contribution in [0.15, 0.2) is 6.07 Å². The molecule has 0 radical (unpaired) electrons. The number of carbonyl (C=O) groups excluding carboxylic acids is 1. The number of nitrogens with one attached hydrogen (secondary N) is 2. The number of anilines is 3. The van der Waals surface area contributed by atoms with Crippen LogP contribution in [0.25, 0.3) is 0 Å². The van der Waals surface area contributed by atoms with Crippen LogP contribution in [0, 0.1) is 0 Å². The minimum atomic E-state index is -0.0356. The van der Waals surface area contributed by atoms with Gasteiger partial charge in [-0.2, -0.15) is 9.97 Å². The van der Waals surface area contributed by atoms with Crippen molar-refractivity contribution in [2.75, 3.05) is 42.1 Å². The number of nitrogens with two attached hydrogens (primary N) is 1. The van der Waals surface area contributed by atoms with E-state index in [9.17, 15) is 4.79 Å². The number of likely N-dealkylation sites (N-methyl/N-ethyl adjacent to an activating group) is 2. The molecule has 0 unspecified atom stereocenters. The van der Waals surface area contributed by atoms with Gasteiger partial charge < -0.3 is 21.3 Å². The zero-order chi connectivity index (χ0) is 14.3. The van der Waals surface area contributed by atoms with Gasteiger partial charge in [0.1, 0.15) is 11.6 Å². The molecule has 1 amide bonds. The van der Waals surface area contributed by atoms with E-state index < -0.39 is 0 Å². The second-order valence-corrected chi connectivity index (χ2v) is 3.97. The van der Waals surface area contributed by atoms with Crippen molar-refractivity contribution in [3.63, 3.8) is 0 Å². The summed E-state index contributed by atoms with van der Waals surface area (Å²) >= 11 is 0. The number of hydrogen-bond donors (Lipinski definition) is 3. The summed E-state index contributed by atoms with van der Waals surface area (Å²) in [7, 11) is 0. The van der Waals surface area contributed by atoms with Crippen LogP contribution in [0.3, 0.4) is 0 Å². The molecule has 0 aliphatic heterocycles. The Hall–Kier alpha value is -2.05. The highest BCUT2D eigenvalue weighted by molar-refractivity contribution is 5.81. The molecule has 1 aromatic rings. The summed E-state index contributed by atoms with van der Waals surface area (Å²) in [5.74, 6) is 1.48. The fourth-order valence-corrected chi connectivity index (χ4v) is 1.67. The highest BCUT2D eigenvalue weighted by Gasteiger charge is 2.12. The molecule has 106 valence electrons. The molecule has 19 heavy (non-hydrogen) atoms. The van der Waals surface area contributed by atoms with Crippen LogP contribution in [0.2, 0.25) is 0 Å². The van der Waals surface area contributed by atoms with Gasteiger partial charge in [-0.25, -0.2) is 0 Å². The van der Waals surface area contributed by atoms with Gasteiger partial charge in [-0.1, -0.05) is 0 Å². The van der Waals surface area contributed by atoms with Crippen molar-refractivity contribution in [2.45, 2.75) is 20.8 Å². The lowest BCUT2D eigenvalue weighted by Gasteiger charge is -2.21. The molecule has 0 bridgehead atoms. The first-order valence-electron chi connectivity index (χ1n) is 6.50. The highest BCUT2D eigenvalue weighted by atomic mass is 16.2. The van der Waals surface area contributed by atoms with Gasteiger partial charge in [0.15, 0.2) is 0 Å². The molecule has 4 N–H and O–H groups in total. The van der Waals surface area contributed by atoms with Crippen LogP contribution in [0.4, 0.5) is 17.6 Å².